The van der Waals surface area contributed by atoms with Gasteiger partial charge in [-0.15, -0.1) is 0 Å². The molecule has 3 nitrogen and oxygen atoms in total. The number of rotatable bonds is 3. The van der Waals surface area contributed by atoms with Crippen LogP contribution in [0.3, 0.4) is 0 Å². The summed E-state index contributed by atoms with van der Waals surface area (Å²) in [6.07, 6.45) is 6.92. The van der Waals surface area contributed by atoms with Crippen LogP contribution in [0.4, 0.5) is 0 Å². The van der Waals surface area contributed by atoms with Gasteiger partial charge >= 0.3 is 0 Å². The molecule has 2 fully saturated rings. The standard InChI is InChI=1S/C19H26Cl2N2O/c20-17-8-7-15(18(21)12-17)13-22-9-5-6-16(14-22)19(24)23-10-3-1-2-4-11-23/h7-8,12,16H,1-6,9-11,13-14H2/t16-/m1/s1. The SMILES string of the molecule is O=C([C@@H]1CCCN(Cc2ccc(Cl)cc2Cl)C1)N1CCCCCC1. The summed E-state index contributed by atoms with van der Waals surface area (Å²) in [6, 6.07) is 5.67. The topological polar surface area (TPSA) is 23.6 Å². The number of amides is 1. The number of nitrogens with zero attached hydrogens (tertiary/aromatic N) is 2. The van der Waals surface area contributed by atoms with Gasteiger partial charge in [0, 0.05) is 36.2 Å². The summed E-state index contributed by atoms with van der Waals surface area (Å²) < 4.78 is 0. The van der Waals surface area contributed by atoms with Crippen molar-refractivity contribution < 1.29 is 4.79 Å². The van der Waals surface area contributed by atoms with E-state index in [9.17, 15) is 4.79 Å². The van der Waals surface area contributed by atoms with Crippen LogP contribution in [0.2, 0.25) is 10.0 Å². The van der Waals surface area contributed by atoms with Crippen molar-refractivity contribution in [2.24, 2.45) is 5.92 Å². The Bertz CT molecular complexity index is 570. The van der Waals surface area contributed by atoms with Crippen LogP contribution in [-0.2, 0) is 11.3 Å². The van der Waals surface area contributed by atoms with Gasteiger partial charge in [0.25, 0.3) is 0 Å². The second kappa shape index (κ2) is 8.55. The van der Waals surface area contributed by atoms with Crippen molar-refractivity contribution in [1.29, 1.82) is 0 Å². The van der Waals surface area contributed by atoms with Gasteiger partial charge in [0.2, 0.25) is 5.91 Å². The number of hydrogen-bond donors (Lipinski definition) is 0. The lowest BCUT2D eigenvalue weighted by atomic mass is 9.96. The van der Waals surface area contributed by atoms with Gasteiger partial charge in [-0.1, -0.05) is 42.1 Å². The van der Waals surface area contributed by atoms with E-state index in [-0.39, 0.29) is 5.92 Å². The van der Waals surface area contributed by atoms with Crippen molar-refractivity contribution in [3.8, 4) is 0 Å². The van der Waals surface area contributed by atoms with E-state index in [4.69, 9.17) is 23.2 Å². The normalized spacial score (nSPS) is 23.1. The molecule has 2 aliphatic heterocycles. The van der Waals surface area contributed by atoms with Crippen LogP contribution in [0.1, 0.15) is 44.1 Å². The molecular formula is C19H26Cl2N2O. The molecule has 1 atom stereocenters. The summed E-state index contributed by atoms with van der Waals surface area (Å²) in [7, 11) is 0. The van der Waals surface area contributed by atoms with Crippen LogP contribution in [0.5, 0.6) is 0 Å². The average molecular weight is 369 g/mol. The molecule has 0 bridgehead atoms. The summed E-state index contributed by atoms with van der Waals surface area (Å²) in [5, 5.41) is 1.38. The Labute approximate surface area is 154 Å². The van der Waals surface area contributed by atoms with Crippen molar-refractivity contribution in [3.63, 3.8) is 0 Å². The number of hydrogen-bond acceptors (Lipinski definition) is 2. The Morgan fingerprint density at radius 3 is 2.50 bits per heavy atom. The molecule has 0 aliphatic carbocycles. The molecule has 3 rings (SSSR count). The van der Waals surface area contributed by atoms with Crippen molar-refractivity contribution >= 4 is 29.1 Å². The van der Waals surface area contributed by atoms with E-state index in [1.807, 2.05) is 12.1 Å². The smallest absolute Gasteiger partial charge is 0.226 e. The summed E-state index contributed by atoms with van der Waals surface area (Å²) in [5.74, 6) is 0.506. The highest BCUT2D eigenvalue weighted by atomic mass is 35.5. The third-order valence-electron chi connectivity index (χ3n) is 5.18. The van der Waals surface area contributed by atoms with E-state index >= 15 is 0 Å². The first kappa shape index (κ1) is 18.0. The molecule has 24 heavy (non-hydrogen) atoms. The lowest BCUT2D eigenvalue weighted by Gasteiger charge is -2.35. The van der Waals surface area contributed by atoms with E-state index in [1.165, 1.54) is 12.8 Å². The molecule has 2 aliphatic rings. The Morgan fingerprint density at radius 1 is 1.04 bits per heavy atom. The zero-order chi connectivity index (χ0) is 16.9. The predicted octanol–water partition coefficient (Wildman–Crippen LogP) is 4.61. The minimum Gasteiger partial charge on any atom is -0.342 e. The Hall–Kier alpha value is -0.770. The number of carbonyl (C=O) groups excluding carboxylic acids is 1. The Kier molecular flexibility index (Phi) is 6.43. The van der Waals surface area contributed by atoms with E-state index < -0.39 is 0 Å². The van der Waals surface area contributed by atoms with Crippen molar-refractivity contribution in [2.75, 3.05) is 26.2 Å². The maximum atomic E-state index is 12.9. The minimum absolute atomic E-state index is 0.142. The molecule has 0 radical (unpaired) electrons. The molecule has 0 unspecified atom stereocenters. The molecule has 0 N–H and O–H groups in total. The highest BCUT2D eigenvalue weighted by molar-refractivity contribution is 6.35. The Balaban J connectivity index is 1.60. The molecule has 1 aromatic rings. The molecule has 0 spiro atoms. The zero-order valence-electron chi connectivity index (χ0n) is 14.1. The lowest BCUT2D eigenvalue weighted by Crippen LogP contribution is -2.44. The first-order valence-corrected chi connectivity index (χ1v) is 9.84. The molecule has 1 amide bonds. The second-order valence-electron chi connectivity index (χ2n) is 7.05. The summed E-state index contributed by atoms with van der Waals surface area (Å²) in [6.45, 7) is 4.55. The van der Waals surface area contributed by atoms with E-state index in [1.54, 1.807) is 6.07 Å². The van der Waals surface area contributed by atoms with E-state index in [0.29, 0.717) is 16.0 Å². The fourth-order valence-electron chi connectivity index (χ4n) is 3.84. The average Bonchev–Trinajstić information content (AvgIpc) is 2.86. The van der Waals surface area contributed by atoms with Gasteiger partial charge in [0.05, 0.1) is 5.92 Å². The lowest BCUT2D eigenvalue weighted by molar-refractivity contribution is -0.137. The summed E-state index contributed by atoms with van der Waals surface area (Å²) >= 11 is 12.3. The van der Waals surface area contributed by atoms with Crippen LogP contribution in [-0.4, -0.2) is 41.9 Å². The van der Waals surface area contributed by atoms with Gasteiger partial charge in [0.15, 0.2) is 0 Å². The first-order chi connectivity index (χ1) is 11.6. The quantitative estimate of drug-likeness (QED) is 0.777. The highest BCUT2D eigenvalue weighted by Crippen LogP contribution is 2.26. The number of likely N-dealkylation sites (tertiary alicyclic amines) is 2. The maximum Gasteiger partial charge on any atom is 0.226 e. The fraction of sp³-hybridized carbons (Fsp3) is 0.632. The fourth-order valence-corrected chi connectivity index (χ4v) is 4.31. The van der Waals surface area contributed by atoms with Crippen LogP contribution >= 0.6 is 23.2 Å². The molecular weight excluding hydrogens is 343 g/mol. The van der Waals surface area contributed by atoms with Crippen LogP contribution in [0.25, 0.3) is 0 Å². The van der Waals surface area contributed by atoms with Crippen molar-refractivity contribution in [2.45, 2.75) is 45.1 Å². The van der Waals surface area contributed by atoms with Gasteiger partial charge in [-0.25, -0.2) is 0 Å². The predicted molar refractivity (Wildman–Crippen MR) is 99.5 cm³/mol. The molecule has 0 saturated carbocycles. The van der Waals surface area contributed by atoms with E-state index in [0.717, 1.165) is 64.0 Å². The van der Waals surface area contributed by atoms with E-state index in [2.05, 4.69) is 9.80 Å². The van der Waals surface area contributed by atoms with Crippen molar-refractivity contribution in [3.05, 3.63) is 33.8 Å². The number of halogens is 2. The summed E-state index contributed by atoms with van der Waals surface area (Å²) in [4.78, 5) is 17.3. The molecule has 1 aromatic carbocycles. The van der Waals surface area contributed by atoms with Gasteiger partial charge < -0.3 is 4.90 Å². The molecule has 132 valence electrons. The third kappa shape index (κ3) is 4.65. The Morgan fingerprint density at radius 2 is 1.79 bits per heavy atom. The van der Waals surface area contributed by atoms with Crippen LogP contribution in [0, 0.1) is 5.92 Å². The highest BCUT2D eigenvalue weighted by Gasteiger charge is 2.29. The molecule has 2 heterocycles. The van der Waals surface area contributed by atoms with Gasteiger partial charge in [-0.3, -0.25) is 9.69 Å². The van der Waals surface area contributed by atoms with Gasteiger partial charge in [0.1, 0.15) is 0 Å². The van der Waals surface area contributed by atoms with Crippen LogP contribution < -0.4 is 0 Å². The molecule has 0 aromatic heterocycles. The van der Waals surface area contributed by atoms with Gasteiger partial charge in [-0.2, -0.15) is 0 Å². The van der Waals surface area contributed by atoms with Crippen molar-refractivity contribution in [1.82, 2.24) is 9.80 Å². The third-order valence-corrected chi connectivity index (χ3v) is 5.77. The number of piperidine rings is 1. The molecule has 2 saturated heterocycles. The molecule has 5 heteroatoms. The number of benzene rings is 1. The summed E-state index contributed by atoms with van der Waals surface area (Å²) in [5.41, 5.74) is 1.09. The first-order valence-electron chi connectivity index (χ1n) is 9.08. The van der Waals surface area contributed by atoms with Gasteiger partial charge in [-0.05, 0) is 49.9 Å². The zero-order valence-corrected chi connectivity index (χ0v) is 15.7. The second-order valence-corrected chi connectivity index (χ2v) is 7.89. The largest absolute Gasteiger partial charge is 0.342 e. The minimum atomic E-state index is 0.142. The number of carbonyl (C=O) groups is 1. The maximum absolute atomic E-state index is 12.9. The van der Waals surface area contributed by atoms with Crippen LogP contribution in [0.15, 0.2) is 18.2 Å². The monoisotopic (exact) mass is 368 g/mol.